The molecule has 6 nitrogen and oxygen atoms in total. The van der Waals surface area contributed by atoms with Crippen molar-refractivity contribution in [3.8, 4) is 0 Å². The molecule has 0 saturated carbocycles. The van der Waals surface area contributed by atoms with Gasteiger partial charge in [-0.05, 0) is 44.0 Å². The zero-order valence-corrected chi connectivity index (χ0v) is 11.5. The Morgan fingerprint density at radius 1 is 1.50 bits per heavy atom. The van der Waals surface area contributed by atoms with Crippen molar-refractivity contribution in [3.05, 3.63) is 24.2 Å². The topological polar surface area (TPSA) is 74.6 Å². The molecule has 2 aliphatic rings. The fourth-order valence-corrected chi connectivity index (χ4v) is 3.28. The summed E-state index contributed by atoms with van der Waals surface area (Å²) < 4.78 is 4.96. The van der Waals surface area contributed by atoms with E-state index in [2.05, 4.69) is 22.5 Å². The predicted molar refractivity (Wildman–Crippen MR) is 72.1 cm³/mol. The van der Waals surface area contributed by atoms with Crippen LogP contribution in [-0.2, 0) is 4.79 Å². The summed E-state index contributed by atoms with van der Waals surface area (Å²) in [6.45, 7) is 5.38. The highest BCUT2D eigenvalue weighted by molar-refractivity contribution is 6.03. The summed E-state index contributed by atoms with van der Waals surface area (Å²) in [5, 5.41) is 5.75. The van der Waals surface area contributed by atoms with E-state index >= 15 is 0 Å². The number of likely N-dealkylation sites (tertiary alicyclic amines) is 1. The summed E-state index contributed by atoms with van der Waals surface area (Å²) in [7, 11) is 0. The second-order valence-corrected chi connectivity index (χ2v) is 5.61. The van der Waals surface area contributed by atoms with Crippen LogP contribution in [0, 0.1) is 11.8 Å². The third-order valence-electron chi connectivity index (χ3n) is 4.40. The monoisotopic (exact) mass is 277 g/mol. The fourth-order valence-electron chi connectivity index (χ4n) is 3.28. The third kappa shape index (κ3) is 2.48. The van der Waals surface area contributed by atoms with Crippen molar-refractivity contribution in [1.82, 2.24) is 15.5 Å². The molecule has 3 atom stereocenters. The first-order valence-electron chi connectivity index (χ1n) is 6.97. The van der Waals surface area contributed by atoms with Crippen LogP contribution in [-0.4, -0.2) is 48.9 Å². The SMILES string of the molecule is CC1C2CNCC2CN1CC(=O)NC(=O)c1ccco1. The van der Waals surface area contributed by atoms with Gasteiger partial charge in [0, 0.05) is 12.6 Å². The van der Waals surface area contributed by atoms with Gasteiger partial charge in [-0.25, -0.2) is 0 Å². The summed E-state index contributed by atoms with van der Waals surface area (Å²) in [6, 6.07) is 3.53. The van der Waals surface area contributed by atoms with Crippen molar-refractivity contribution < 1.29 is 14.0 Å². The lowest BCUT2D eigenvalue weighted by atomic mass is 9.95. The van der Waals surface area contributed by atoms with Gasteiger partial charge < -0.3 is 9.73 Å². The number of furan rings is 1. The largest absolute Gasteiger partial charge is 0.459 e. The molecular weight excluding hydrogens is 258 g/mol. The van der Waals surface area contributed by atoms with E-state index < -0.39 is 5.91 Å². The van der Waals surface area contributed by atoms with Crippen molar-refractivity contribution in [2.24, 2.45) is 11.8 Å². The Hall–Kier alpha value is -1.66. The zero-order chi connectivity index (χ0) is 14.1. The number of nitrogens with one attached hydrogen (secondary N) is 2. The van der Waals surface area contributed by atoms with Crippen molar-refractivity contribution in [3.63, 3.8) is 0 Å². The lowest BCUT2D eigenvalue weighted by Gasteiger charge is -2.23. The Balaban J connectivity index is 1.53. The average Bonchev–Trinajstić information content (AvgIpc) is 3.11. The fraction of sp³-hybridized carbons (Fsp3) is 0.571. The Morgan fingerprint density at radius 3 is 3.05 bits per heavy atom. The highest BCUT2D eigenvalue weighted by Crippen LogP contribution is 2.31. The van der Waals surface area contributed by atoms with Gasteiger partial charge in [-0.1, -0.05) is 0 Å². The molecule has 1 aromatic heterocycles. The van der Waals surface area contributed by atoms with Gasteiger partial charge in [0.2, 0.25) is 5.91 Å². The van der Waals surface area contributed by atoms with Crippen LogP contribution in [0.4, 0.5) is 0 Å². The molecular formula is C14H19N3O3. The van der Waals surface area contributed by atoms with Crippen molar-refractivity contribution in [1.29, 1.82) is 0 Å². The first kappa shape index (κ1) is 13.3. The Labute approximate surface area is 117 Å². The van der Waals surface area contributed by atoms with Gasteiger partial charge >= 0.3 is 0 Å². The number of rotatable bonds is 3. The van der Waals surface area contributed by atoms with Crippen molar-refractivity contribution in [2.45, 2.75) is 13.0 Å². The molecule has 3 rings (SSSR count). The molecule has 2 N–H and O–H groups in total. The molecule has 6 heteroatoms. The van der Waals surface area contributed by atoms with Crippen molar-refractivity contribution >= 4 is 11.8 Å². The van der Waals surface area contributed by atoms with Crippen LogP contribution in [0.1, 0.15) is 17.5 Å². The van der Waals surface area contributed by atoms with Crippen LogP contribution in [0.25, 0.3) is 0 Å². The van der Waals surface area contributed by atoms with Crippen LogP contribution >= 0.6 is 0 Å². The van der Waals surface area contributed by atoms with E-state index in [1.165, 1.54) is 12.3 Å². The maximum absolute atomic E-state index is 11.9. The average molecular weight is 277 g/mol. The van der Waals surface area contributed by atoms with E-state index in [-0.39, 0.29) is 18.2 Å². The van der Waals surface area contributed by atoms with Crippen molar-refractivity contribution in [2.75, 3.05) is 26.2 Å². The minimum absolute atomic E-state index is 0.161. The number of nitrogens with zero attached hydrogens (tertiary/aromatic N) is 1. The van der Waals surface area contributed by atoms with E-state index in [4.69, 9.17) is 4.42 Å². The van der Waals surface area contributed by atoms with Gasteiger partial charge in [-0.2, -0.15) is 0 Å². The van der Waals surface area contributed by atoms with Crippen LogP contribution in [0.5, 0.6) is 0 Å². The molecule has 2 aliphatic heterocycles. The summed E-state index contributed by atoms with van der Waals surface area (Å²) in [4.78, 5) is 25.8. The van der Waals surface area contributed by atoms with Crippen LogP contribution < -0.4 is 10.6 Å². The quantitative estimate of drug-likeness (QED) is 0.818. The Kier molecular flexibility index (Phi) is 3.58. The number of hydrogen-bond donors (Lipinski definition) is 2. The molecule has 20 heavy (non-hydrogen) atoms. The highest BCUT2D eigenvalue weighted by atomic mass is 16.3. The molecule has 0 aliphatic carbocycles. The smallest absolute Gasteiger partial charge is 0.293 e. The highest BCUT2D eigenvalue weighted by Gasteiger charge is 2.42. The first-order chi connectivity index (χ1) is 9.65. The second kappa shape index (κ2) is 5.38. The van der Waals surface area contributed by atoms with Crippen LogP contribution in [0.2, 0.25) is 0 Å². The summed E-state index contributed by atoms with van der Waals surface area (Å²) in [5.41, 5.74) is 0. The lowest BCUT2D eigenvalue weighted by molar-refractivity contribution is -0.121. The molecule has 108 valence electrons. The van der Waals surface area contributed by atoms with E-state index in [0.29, 0.717) is 17.9 Å². The number of carbonyl (C=O) groups excluding carboxylic acids is 2. The molecule has 2 amide bonds. The maximum atomic E-state index is 11.9. The predicted octanol–water partition coefficient (Wildman–Crippen LogP) is 0.0757. The summed E-state index contributed by atoms with van der Waals surface area (Å²) in [5.74, 6) is 0.649. The molecule has 3 unspecified atom stereocenters. The van der Waals surface area contributed by atoms with E-state index in [1.54, 1.807) is 6.07 Å². The molecule has 1 aromatic rings. The Morgan fingerprint density at radius 2 is 2.35 bits per heavy atom. The number of fused-ring (bicyclic) bond motifs is 1. The standard InChI is InChI=1S/C14H19N3O3/c1-9-11-6-15-5-10(11)7-17(9)8-13(18)16-14(19)12-3-2-4-20-12/h2-4,9-11,15H,5-8H2,1H3,(H,16,18,19). The minimum atomic E-state index is -0.478. The van der Waals surface area contributed by atoms with Gasteiger partial charge in [-0.15, -0.1) is 0 Å². The lowest BCUT2D eigenvalue weighted by Crippen LogP contribution is -2.43. The zero-order valence-electron chi connectivity index (χ0n) is 11.5. The Bertz CT molecular complexity index is 500. The van der Waals surface area contributed by atoms with Crippen LogP contribution in [0.3, 0.4) is 0 Å². The molecule has 2 fully saturated rings. The van der Waals surface area contributed by atoms with Gasteiger partial charge in [0.25, 0.3) is 5.91 Å². The van der Waals surface area contributed by atoms with E-state index in [9.17, 15) is 9.59 Å². The van der Waals surface area contributed by atoms with Gasteiger partial charge in [0.15, 0.2) is 5.76 Å². The first-order valence-corrected chi connectivity index (χ1v) is 6.97. The normalized spacial score (nSPS) is 29.4. The van der Waals surface area contributed by atoms with Crippen LogP contribution in [0.15, 0.2) is 22.8 Å². The maximum Gasteiger partial charge on any atom is 0.293 e. The number of imide groups is 1. The molecule has 3 heterocycles. The van der Waals surface area contributed by atoms with Gasteiger partial charge in [0.05, 0.1) is 12.8 Å². The molecule has 0 aromatic carbocycles. The number of amides is 2. The summed E-state index contributed by atoms with van der Waals surface area (Å²) in [6.07, 6.45) is 1.41. The van der Waals surface area contributed by atoms with E-state index in [0.717, 1.165) is 19.6 Å². The van der Waals surface area contributed by atoms with Gasteiger partial charge in [0.1, 0.15) is 0 Å². The van der Waals surface area contributed by atoms with Gasteiger partial charge in [-0.3, -0.25) is 19.8 Å². The molecule has 0 radical (unpaired) electrons. The van der Waals surface area contributed by atoms with E-state index in [1.807, 2.05) is 0 Å². The second-order valence-electron chi connectivity index (χ2n) is 5.61. The third-order valence-corrected chi connectivity index (χ3v) is 4.40. The molecule has 0 bridgehead atoms. The molecule has 0 spiro atoms. The number of hydrogen-bond acceptors (Lipinski definition) is 5. The minimum Gasteiger partial charge on any atom is -0.459 e. The molecule has 2 saturated heterocycles. The number of carbonyl (C=O) groups is 2. The summed E-state index contributed by atoms with van der Waals surface area (Å²) >= 11 is 0.